The average molecular weight is 421 g/mol. The molecule has 5 rings (SSSR count). The molecule has 2 N–H and O–H groups in total. The summed E-state index contributed by atoms with van der Waals surface area (Å²) in [5.74, 6) is 0. The first-order chi connectivity index (χ1) is 14.6. The highest BCUT2D eigenvalue weighted by atomic mass is 35.5. The van der Waals surface area contributed by atoms with Crippen LogP contribution in [0.1, 0.15) is 28.5 Å². The molecule has 2 aliphatic rings. The van der Waals surface area contributed by atoms with E-state index in [0.717, 1.165) is 22.3 Å². The Bertz CT molecular complexity index is 1080. The summed E-state index contributed by atoms with van der Waals surface area (Å²) in [5.41, 5.74) is 2.53. The second-order valence-corrected chi connectivity index (χ2v) is 7.94. The molecule has 0 spiro atoms. The highest BCUT2D eigenvalue weighted by molar-refractivity contribution is 6.30. The summed E-state index contributed by atoms with van der Waals surface area (Å²) >= 11 is 6.14. The summed E-state index contributed by atoms with van der Waals surface area (Å²) in [4.78, 5) is 21.4. The molecule has 0 bridgehead atoms. The Kier molecular flexibility index (Phi) is 4.70. The quantitative estimate of drug-likeness (QED) is 0.680. The van der Waals surface area contributed by atoms with E-state index in [0.29, 0.717) is 24.7 Å². The van der Waals surface area contributed by atoms with Crippen LogP contribution < -0.4 is 5.32 Å². The minimum Gasteiger partial charge on any atom is -0.374 e. The summed E-state index contributed by atoms with van der Waals surface area (Å²) in [6, 6.07) is 18.9. The van der Waals surface area contributed by atoms with Crippen LogP contribution in [0.2, 0.25) is 5.02 Å². The molecule has 2 atom stereocenters. The second kappa shape index (κ2) is 7.40. The number of aliphatic hydroxyl groups excluding tert-OH is 1. The molecule has 3 aromatic rings. The minimum atomic E-state index is -0.936. The van der Waals surface area contributed by atoms with Crippen molar-refractivity contribution in [2.75, 3.05) is 13.1 Å². The molecule has 152 valence electrons. The van der Waals surface area contributed by atoms with Crippen LogP contribution in [0.5, 0.6) is 0 Å². The van der Waals surface area contributed by atoms with Crippen molar-refractivity contribution in [1.29, 1.82) is 0 Å². The van der Waals surface area contributed by atoms with E-state index in [2.05, 4.69) is 10.3 Å². The molecule has 7 heteroatoms. The number of rotatable bonds is 3. The lowest BCUT2D eigenvalue weighted by atomic mass is 9.91. The van der Waals surface area contributed by atoms with Crippen molar-refractivity contribution in [3.8, 4) is 0 Å². The van der Waals surface area contributed by atoms with Crippen LogP contribution in [0.15, 0.2) is 73.1 Å². The largest absolute Gasteiger partial charge is 0.374 e. The number of aliphatic hydroxyl groups is 1. The van der Waals surface area contributed by atoms with Gasteiger partial charge in [-0.15, -0.1) is 0 Å². The zero-order chi connectivity index (χ0) is 20.7. The number of benzene rings is 2. The normalized spacial score (nSPS) is 22.6. The number of halogens is 1. The number of amides is 2. The van der Waals surface area contributed by atoms with Crippen molar-refractivity contribution in [3.63, 3.8) is 0 Å². The Hall–Kier alpha value is -2.93. The van der Waals surface area contributed by atoms with Crippen molar-refractivity contribution < 1.29 is 9.90 Å². The molecule has 0 radical (unpaired) electrons. The van der Waals surface area contributed by atoms with Gasteiger partial charge in [-0.2, -0.15) is 0 Å². The van der Waals surface area contributed by atoms with Gasteiger partial charge < -0.3 is 10.4 Å². The highest BCUT2D eigenvalue weighted by Gasteiger charge is 2.59. The van der Waals surface area contributed by atoms with Crippen molar-refractivity contribution in [3.05, 3.63) is 100 Å². The van der Waals surface area contributed by atoms with Crippen LogP contribution >= 0.6 is 11.6 Å². The molecule has 2 unspecified atom stereocenters. The SMILES string of the molecule is O=C(NCc1ccccc1)N1CCN2C(O)c3ccncc3C12c1ccc(Cl)cc1. The van der Waals surface area contributed by atoms with E-state index < -0.39 is 11.9 Å². The Morgan fingerprint density at radius 2 is 1.90 bits per heavy atom. The molecular formula is C23H21ClN4O2. The molecule has 1 aromatic heterocycles. The zero-order valence-electron chi connectivity index (χ0n) is 16.2. The third-order valence-corrected chi connectivity index (χ3v) is 6.21. The van der Waals surface area contributed by atoms with Gasteiger partial charge in [0.05, 0.1) is 0 Å². The summed E-state index contributed by atoms with van der Waals surface area (Å²) in [6.07, 6.45) is 2.60. The van der Waals surface area contributed by atoms with Crippen LogP contribution in [-0.2, 0) is 12.2 Å². The first-order valence-electron chi connectivity index (χ1n) is 9.87. The van der Waals surface area contributed by atoms with E-state index in [1.54, 1.807) is 17.3 Å². The van der Waals surface area contributed by atoms with Crippen molar-refractivity contribution in [1.82, 2.24) is 20.1 Å². The number of pyridine rings is 1. The van der Waals surface area contributed by atoms with E-state index in [4.69, 9.17) is 11.6 Å². The lowest BCUT2D eigenvalue weighted by Gasteiger charge is -2.41. The zero-order valence-corrected chi connectivity index (χ0v) is 17.0. The van der Waals surface area contributed by atoms with Gasteiger partial charge in [0.15, 0.2) is 5.66 Å². The standard InChI is InChI=1S/C23H21ClN4O2/c24-18-8-6-17(7-9-18)23-20-15-25-11-10-19(20)21(29)27(23)12-13-28(23)22(30)26-14-16-4-2-1-3-5-16/h1-11,15,21,29H,12-14H2,(H,26,30). The van der Waals surface area contributed by atoms with Gasteiger partial charge in [0.1, 0.15) is 6.23 Å². The van der Waals surface area contributed by atoms with Crippen molar-refractivity contribution >= 4 is 17.6 Å². The number of nitrogens with zero attached hydrogens (tertiary/aromatic N) is 3. The van der Waals surface area contributed by atoms with Gasteiger partial charge in [0.2, 0.25) is 0 Å². The fourth-order valence-corrected chi connectivity index (χ4v) is 4.78. The molecule has 6 nitrogen and oxygen atoms in total. The van der Waals surface area contributed by atoms with E-state index in [1.165, 1.54) is 0 Å². The van der Waals surface area contributed by atoms with Crippen molar-refractivity contribution in [2.45, 2.75) is 18.4 Å². The number of hydrogen-bond acceptors (Lipinski definition) is 4. The van der Waals surface area contributed by atoms with Gasteiger partial charge in [-0.25, -0.2) is 9.69 Å². The summed E-state index contributed by atoms with van der Waals surface area (Å²) in [6.45, 7) is 1.45. The monoisotopic (exact) mass is 420 g/mol. The Balaban J connectivity index is 1.57. The topological polar surface area (TPSA) is 68.7 Å². The molecule has 30 heavy (non-hydrogen) atoms. The molecule has 1 fully saturated rings. The van der Waals surface area contributed by atoms with Gasteiger partial charge in [-0.05, 0) is 29.3 Å². The summed E-state index contributed by atoms with van der Waals surface area (Å²) < 4.78 is 0. The Morgan fingerprint density at radius 1 is 1.13 bits per heavy atom. The van der Waals surface area contributed by atoms with Crippen LogP contribution in [0.3, 0.4) is 0 Å². The number of urea groups is 1. The fourth-order valence-electron chi connectivity index (χ4n) is 4.65. The predicted octanol–water partition coefficient (Wildman–Crippen LogP) is 3.47. The van der Waals surface area contributed by atoms with Crippen molar-refractivity contribution in [2.24, 2.45) is 0 Å². The number of fused-ring (bicyclic) bond motifs is 3. The van der Waals surface area contributed by atoms with Gasteiger partial charge >= 0.3 is 6.03 Å². The summed E-state index contributed by atoms with van der Waals surface area (Å²) in [5, 5.41) is 14.7. The van der Waals surface area contributed by atoms with Crippen LogP contribution in [-0.4, -0.2) is 39.0 Å². The van der Waals surface area contributed by atoms with E-state index in [1.807, 2.05) is 65.6 Å². The van der Waals surface area contributed by atoms with Crippen LogP contribution in [0.4, 0.5) is 4.79 Å². The average Bonchev–Trinajstić information content (AvgIpc) is 3.29. The first kappa shape index (κ1) is 19.1. The van der Waals surface area contributed by atoms with E-state index in [9.17, 15) is 9.90 Å². The van der Waals surface area contributed by atoms with E-state index >= 15 is 0 Å². The molecular weight excluding hydrogens is 400 g/mol. The summed E-state index contributed by atoms with van der Waals surface area (Å²) in [7, 11) is 0. The number of aromatic nitrogens is 1. The molecule has 2 aliphatic heterocycles. The maximum absolute atomic E-state index is 13.4. The van der Waals surface area contributed by atoms with Gasteiger partial charge in [0, 0.05) is 48.2 Å². The minimum absolute atomic E-state index is 0.194. The molecule has 0 aliphatic carbocycles. The maximum atomic E-state index is 13.4. The lowest BCUT2D eigenvalue weighted by molar-refractivity contribution is -0.0402. The predicted molar refractivity (Wildman–Crippen MR) is 114 cm³/mol. The molecule has 2 amide bonds. The smallest absolute Gasteiger partial charge is 0.319 e. The van der Waals surface area contributed by atoms with E-state index in [-0.39, 0.29) is 6.03 Å². The molecule has 3 heterocycles. The third kappa shape index (κ3) is 2.80. The Morgan fingerprint density at radius 3 is 2.67 bits per heavy atom. The lowest BCUT2D eigenvalue weighted by Crippen LogP contribution is -2.54. The number of hydrogen-bond donors (Lipinski definition) is 2. The second-order valence-electron chi connectivity index (χ2n) is 7.51. The van der Waals surface area contributed by atoms with Crippen LogP contribution in [0.25, 0.3) is 0 Å². The maximum Gasteiger partial charge on any atom is 0.319 e. The van der Waals surface area contributed by atoms with Gasteiger partial charge in [-0.3, -0.25) is 9.88 Å². The molecule has 1 saturated heterocycles. The fraction of sp³-hybridized carbons (Fsp3) is 0.217. The highest BCUT2D eigenvalue weighted by Crippen LogP contribution is 2.53. The third-order valence-electron chi connectivity index (χ3n) is 5.95. The van der Waals surface area contributed by atoms with Crippen LogP contribution in [0, 0.1) is 0 Å². The number of carbonyl (C=O) groups is 1. The van der Waals surface area contributed by atoms with Gasteiger partial charge in [0.25, 0.3) is 0 Å². The first-order valence-corrected chi connectivity index (χ1v) is 10.2. The Labute approximate surface area is 179 Å². The number of nitrogens with one attached hydrogen (secondary N) is 1. The molecule has 0 saturated carbocycles. The van der Waals surface area contributed by atoms with Gasteiger partial charge in [-0.1, -0.05) is 54.1 Å². The number of carbonyl (C=O) groups excluding carboxylic acids is 1. The molecule has 2 aromatic carbocycles.